The third-order valence-corrected chi connectivity index (χ3v) is 3.17. The number of amides is 1. The molecule has 0 unspecified atom stereocenters. The number of hydrogen-bond acceptors (Lipinski definition) is 2. The van der Waals surface area contributed by atoms with Crippen LogP contribution in [-0.2, 0) is 0 Å². The maximum atomic E-state index is 12.2. The molecule has 0 aliphatic heterocycles. The fourth-order valence-corrected chi connectivity index (χ4v) is 2.11. The second-order valence-corrected chi connectivity index (χ2v) is 4.82. The first-order valence-corrected chi connectivity index (χ1v) is 6.70. The number of hydrogen-bond donors (Lipinski definition) is 1. The lowest BCUT2D eigenvalue weighted by atomic mass is 10.1. The predicted octanol–water partition coefficient (Wildman–Crippen LogP) is 3.43. The smallest absolute Gasteiger partial charge is 0.255 e. The average molecular weight is 277 g/mol. The van der Waals surface area contributed by atoms with Gasteiger partial charge in [-0.25, -0.2) is 4.68 Å². The zero-order valence-corrected chi connectivity index (χ0v) is 11.7. The summed E-state index contributed by atoms with van der Waals surface area (Å²) in [5, 5.41) is 7.05. The van der Waals surface area contributed by atoms with Gasteiger partial charge in [0.05, 0.1) is 5.69 Å². The Morgan fingerprint density at radius 2 is 1.90 bits per heavy atom. The number of carbonyl (C=O) groups excluding carboxylic acids is 1. The molecule has 1 heterocycles. The van der Waals surface area contributed by atoms with Crippen LogP contribution in [0, 0.1) is 6.92 Å². The first kappa shape index (κ1) is 13.1. The third-order valence-electron chi connectivity index (χ3n) is 3.17. The molecular weight excluding hydrogens is 262 g/mol. The first-order chi connectivity index (χ1) is 10.2. The predicted molar refractivity (Wildman–Crippen MR) is 82.7 cm³/mol. The summed E-state index contributed by atoms with van der Waals surface area (Å²) in [6, 6.07) is 17.0. The molecule has 3 aromatic rings. The Labute approximate surface area is 123 Å². The van der Waals surface area contributed by atoms with E-state index in [0.29, 0.717) is 5.56 Å². The maximum Gasteiger partial charge on any atom is 0.255 e. The van der Waals surface area contributed by atoms with E-state index in [4.69, 9.17) is 0 Å². The lowest BCUT2D eigenvalue weighted by Gasteiger charge is -2.07. The van der Waals surface area contributed by atoms with Gasteiger partial charge in [-0.2, -0.15) is 5.10 Å². The fourth-order valence-electron chi connectivity index (χ4n) is 2.11. The highest BCUT2D eigenvalue weighted by molar-refractivity contribution is 6.04. The summed E-state index contributed by atoms with van der Waals surface area (Å²) in [4.78, 5) is 12.2. The molecule has 1 N–H and O–H groups in total. The van der Waals surface area contributed by atoms with Crippen molar-refractivity contribution in [2.75, 3.05) is 5.32 Å². The van der Waals surface area contributed by atoms with E-state index in [0.717, 1.165) is 16.9 Å². The Balaban J connectivity index is 1.75. The minimum absolute atomic E-state index is 0.106. The summed E-state index contributed by atoms with van der Waals surface area (Å²) in [5.41, 5.74) is 3.44. The van der Waals surface area contributed by atoms with Crippen molar-refractivity contribution in [3.05, 3.63) is 78.1 Å². The molecule has 2 aromatic carbocycles. The van der Waals surface area contributed by atoms with Crippen molar-refractivity contribution in [2.24, 2.45) is 0 Å². The molecule has 0 aliphatic carbocycles. The third kappa shape index (κ3) is 3.00. The minimum Gasteiger partial charge on any atom is -0.322 e. The van der Waals surface area contributed by atoms with Crippen molar-refractivity contribution in [1.29, 1.82) is 0 Å². The Kier molecular flexibility index (Phi) is 3.51. The second kappa shape index (κ2) is 5.63. The molecule has 0 aliphatic rings. The van der Waals surface area contributed by atoms with Gasteiger partial charge in [-0.05, 0) is 49.4 Å². The molecule has 4 nitrogen and oxygen atoms in total. The highest BCUT2D eigenvalue weighted by Gasteiger charge is 2.06. The van der Waals surface area contributed by atoms with Gasteiger partial charge in [0.1, 0.15) is 0 Å². The largest absolute Gasteiger partial charge is 0.322 e. The van der Waals surface area contributed by atoms with E-state index >= 15 is 0 Å². The van der Waals surface area contributed by atoms with Gasteiger partial charge in [0.25, 0.3) is 5.91 Å². The van der Waals surface area contributed by atoms with E-state index in [9.17, 15) is 4.79 Å². The van der Waals surface area contributed by atoms with Gasteiger partial charge in [-0.3, -0.25) is 4.79 Å². The van der Waals surface area contributed by atoms with E-state index in [1.807, 2.05) is 61.7 Å². The zero-order chi connectivity index (χ0) is 14.7. The molecule has 0 spiro atoms. The number of carbonyl (C=O) groups is 1. The quantitative estimate of drug-likeness (QED) is 0.797. The van der Waals surface area contributed by atoms with E-state index in [1.54, 1.807) is 16.9 Å². The van der Waals surface area contributed by atoms with E-state index in [-0.39, 0.29) is 5.91 Å². The SMILES string of the molecule is Cc1cccc(C(=O)Nc2ccc(-n3cccn3)cc2)c1. The summed E-state index contributed by atoms with van der Waals surface area (Å²) in [7, 11) is 0. The van der Waals surface area contributed by atoms with E-state index in [1.165, 1.54) is 0 Å². The average Bonchev–Trinajstić information content (AvgIpc) is 3.02. The van der Waals surface area contributed by atoms with Crippen molar-refractivity contribution < 1.29 is 4.79 Å². The number of aromatic nitrogens is 2. The molecule has 0 radical (unpaired) electrons. The molecular formula is C17H15N3O. The number of aryl methyl sites for hydroxylation is 1. The van der Waals surface area contributed by atoms with Crippen LogP contribution in [0.4, 0.5) is 5.69 Å². The Morgan fingerprint density at radius 1 is 1.10 bits per heavy atom. The summed E-state index contributed by atoms with van der Waals surface area (Å²) < 4.78 is 1.77. The molecule has 21 heavy (non-hydrogen) atoms. The van der Waals surface area contributed by atoms with E-state index < -0.39 is 0 Å². The Bertz CT molecular complexity index is 746. The van der Waals surface area contributed by atoms with Crippen molar-refractivity contribution >= 4 is 11.6 Å². The normalized spacial score (nSPS) is 10.3. The highest BCUT2D eigenvalue weighted by atomic mass is 16.1. The van der Waals surface area contributed by atoms with Crippen molar-refractivity contribution in [3.63, 3.8) is 0 Å². The Morgan fingerprint density at radius 3 is 2.57 bits per heavy atom. The Hall–Kier alpha value is -2.88. The molecule has 0 saturated heterocycles. The lowest BCUT2D eigenvalue weighted by molar-refractivity contribution is 0.102. The summed E-state index contributed by atoms with van der Waals surface area (Å²) in [5.74, 6) is -0.106. The molecule has 104 valence electrons. The van der Waals surface area contributed by atoms with Crippen molar-refractivity contribution in [2.45, 2.75) is 6.92 Å². The standard InChI is InChI=1S/C17H15N3O/c1-13-4-2-5-14(12-13)17(21)19-15-6-8-16(9-7-15)20-11-3-10-18-20/h2-12H,1H3,(H,19,21). The van der Waals surface area contributed by atoms with Gasteiger partial charge in [0.15, 0.2) is 0 Å². The molecule has 0 bridgehead atoms. The molecule has 4 heteroatoms. The molecule has 1 amide bonds. The monoisotopic (exact) mass is 277 g/mol. The summed E-state index contributed by atoms with van der Waals surface area (Å²) in [6.45, 7) is 1.97. The topological polar surface area (TPSA) is 46.9 Å². The highest BCUT2D eigenvalue weighted by Crippen LogP contribution is 2.14. The van der Waals surface area contributed by atoms with Crippen LogP contribution < -0.4 is 5.32 Å². The van der Waals surface area contributed by atoms with Crippen LogP contribution in [0.3, 0.4) is 0 Å². The lowest BCUT2D eigenvalue weighted by Crippen LogP contribution is -2.11. The van der Waals surface area contributed by atoms with Crippen LogP contribution >= 0.6 is 0 Å². The van der Waals surface area contributed by atoms with Gasteiger partial charge < -0.3 is 5.32 Å². The maximum absolute atomic E-state index is 12.2. The first-order valence-electron chi connectivity index (χ1n) is 6.70. The van der Waals surface area contributed by atoms with Crippen LogP contribution in [-0.4, -0.2) is 15.7 Å². The molecule has 0 fully saturated rings. The molecule has 3 rings (SSSR count). The summed E-state index contributed by atoms with van der Waals surface area (Å²) >= 11 is 0. The number of benzene rings is 2. The van der Waals surface area contributed by atoms with Crippen molar-refractivity contribution in [1.82, 2.24) is 9.78 Å². The zero-order valence-electron chi connectivity index (χ0n) is 11.7. The van der Waals surface area contributed by atoms with E-state index in [2.05, 4.69) is 10.4 Å². The van der Waals surface area contributed by atoms with Gasteiger partial charge in [-0.1, -0.05) is 17.7 Å². The minimum atomic E-state index is -0.106. The number of nitrogens with zero attached hydrogens (tertiary/aromatic N) is 2. The van der Waals surface area contributed by atoms with Crippen LogP contribution in [0.25, 0.3) is 5.69 Å². The molecule has 0 atom stereocenters. The van der Waals surface area contributed by atoms with Gasteiger partial charge in [-0.15, -0.1) is 0 Å². The van der Waals surface area contributed by atoms with Crippen LogP contribution in [0.5, 0.6) is 0 Å². The number of rotatable bonds is 3. The van der Waals surface area contributed by atoms with Crippen LogP contribution in [0.2, 0.25) is 0 Å². The second-order valence-electron chi connectivity index (χ2n) is 4.82. The molecule has 0 saturated carbocycles. The van der Waals surface area contributed by atoms with Gasteiger partial charge in [0.2, 0.25) is 0 Å². The van der Waals surface area contributed by atoms with Crippen LogP contribution in [0.15, 0.2) is 67.0 Å². The number of nitrogens with one attached hydrogen (secondary N) is 1. The van der Waals surface area contributed by atoms with Gasteiger partial charge in [0, 0.05) is 23.6 Å². The summed E-state index contributed by atoms with van der Waals surface area (Å²) in [6.07, 6.45) is 3.60. The van der Waals surface area contributed by atoms with Crippen molar-refractivity contribution in [3.8, 4) is 5.69 Å². The molecule has 1 aromatic heterocycles. The van der Waals surface area contributed by atoms with Crippen LogP contribution in [0.1, 0.15) is 15.9 Å². The van der Waals surface area contributed by atoms with Gasteiger partial charge >= 0.3 is 0 Å². The number of anilines is 1. The fraction of sp³-hybridized carbons (Fsp3) is 0.0588.